The summed E-state index contributed by atoms with van der Waals surface area (Å²) in [4.78, 5) is 65.0. The van der Waals surface area contributed by atoms with Gasteiger partial charge in [-0.1, -0.05) is 111 Å². The number of ether oxygens (including phenoxy) is 1. The van der Waals surface area contributed by atoms with Gasteiger partial charge >= 0.3 is 0 Å². The zero-order valence-electron chi connectivity index (χ0n) is 38.0. The average Bonchev–Trinajstić information content (AvgIpc) is 3.92. The predicted octanol–water partition coefficient (Wildman–Crippen LogP) is 7.34. The van der Waals surface area contributed by atoms with Crippen LogP contribution in [0.3, 0.4) is 0 Å². The number of nitrogens with one attached hydrogen (secondary N) is 3. The van der Waals surface area contributed by atoms with Crippen molar-refractivity contribution in [3.8, 4) is 0 Å². The number of likely N-dealkylation sites (tertiary alicyclic amines) is 1. The third-order valence-corrected chi connectivity index (χ3v) is 13.9. The highest BCUT2D eigenvalue weighted by molar-refractivity contribution is 7.09. The van der Waals surface area contributed by atoms with Gasteiger partial charge in [0.25, 0.3) is 0 Å². The summed E-state index contributed by atoms with van der Waals surface area (Å²) < 4.78 is 6.05. The largest absolute Gasteiger partial charge is 0.378 e. The fourth-order valence-electron chi connectivity index (χ4n) is 9.44. The highest BCUT2D eigenvalue weighted by Gasteiger charge is 2.45. The zero-order chi connectivity index (χ0) is 43.7. The molecule has 1 aromatic carbocycles. The molecule has 4 rings (SSSR count). The summed E-state index contributed by atoms with van der Waals surface area (Å²) in [7, 11) is 5.20. The summed E-state index contributed by atoms with van der Waals surface area (Å²) in [5, 5.41) is 12.5. The Hall–Kier alpha value is -3.61. The molecule has 1 aliphatic carbocycles. The summed E-state index contributed by atoms with van der Waals surface area (Å²) >= 11 is 1.51. The van der Waals surface area contributed by atoms with E-state index in [0.29, 0.717) is 30.9 Å². The van der Waals surface area contributed by atoms with Gasteiger partial charge in [-0.2, -0.15) is 0 Å². The average molecular weight is 835 g/mol. The number of thiazole rings is 1. The molecule has 328 valence electrons. The van der Waals surface area contributed by atoms with E-state index in [1.54, 1.807) is 32.2 Å². The van der Waals surface area contributed by atoms with E-state index in [1.807, 2.05) is 95.3 Å². The second-order valence-electron chi connectivity index (χ2n) is 19.0. The maximum absolute atomic E-state index is 14.5. The van der Waals surface area contributed by atoms with Crippen molar-refractivity contribution in [2.75, 3.05) is 27.7 Å². The molecule has 7 atom stereocenters. The van der Waals surface area contributed by atoms with Crippen molar-refractivity contribution in [3.63, 3.8) is 0 Å². The first-order valence-corrected chi connectivity index (χ1v) is 22.7. The molecule has 2 fully saturated rings. The monoisotopic (exact) mass is 835 g/mol. The summed E-state index contributed by atoms with van der Waals surface area (Å²) in [6.45, 7) is 18.6. The third kappa shape index (κ3) is 12.0. The molecule has 4 amide bonds. The van der Waals surface area contributed by atoms with E-state index in [-0.39, 0.29) is 47.0 Å². The Morgan fingerprint density at radius 1 is 0.949 bits per heavy atom. The van der Waals surface area contributed by atoms with Crippen molar-refractivity contribution in [2.45, 2.75) is 150 Å². The number of hydrogen-bond donors (Lipinski definition) is 3. The Labute approximate surface area is 358 Å². The maximum atomic E-state index is 14.5. The fourth-order valence-corrected chi connectivity index (χ4v) is 10.1. The van der Waals surface area contributed by atoms with Crippen LogP contribution in [0.25, 0.3) is 0 Å². The summed E-state index contributed by atoms with van der Waals surface area (Å²) in [5.74, 6) is -0.813. The smallest absolute Gasteiger partial charge is 0.249 e. The summed E-state index contributed by atoms with van der Waals surface area (Å²) in [6, 6.07) is 7.78. The van der Waals surface area contributed by atoms with Crippen molar-refractivity contribution in [1.29, 1.82) is 0 Å². The normalized spacial score (nSPS) is 20.1. The van der Waals surface area contributed by atoms with Crippen LogP contribution < -0.4 is 16.0 Å². The van der Waals surface area contributed by atoms with Gasteiger partial charge in [0, 0.05) is 37.9 Å². The second-order valence-corrected chi connectivity index (χ2v) is 20.0. The van der Waals surface area contributed by atoms with Gasteiger partial charge in [-0.15, -0.1) is 11.3 Å². The summed E-state index contributed by atoms with van der Waals surface area (Å²) in [6.07, 6.45) is 11.0. The highest BCUT2D eigenvalue weighted by Crippen LogP contribution is 2.41. The molecule has 0 radical (unpaired) electrons. The fraction of sp³-hybridized carbons (Fsp3) is 0.681. The number of carbonyl (C=O) groups is 4. The van der Waals surface area contributed by atoms with Crippen molar-refractivity contribution < 1.29 is 23.9 Å². The van der Waals surface area contributed by atoms with Crippen LogP contribution >= 0.6 is 11.3 Å². The molecule has 0 bridgehead atoms. The number of rotatable bonds is 18. The molecule has 0 spiro atoms. The minimum atomic E-state index is -0.787. The molecular weight excluding hydrogens is 761 g/mol. The molecule has 1 saturated carbocycles. The Kier molecular flexibility index (Phi) is 17.3. The lowest BCUT2D eigenvalue weighted by atomic mass is 9.66. The van der Waals surface area contributed by atoms with Gasteiger partial charge in [-0.3, -0.25) is 19.2 Å². The maximum Gasteiger partial charge on any atom is 0.249 e. The molecule has 1 aliphatic heterocycles. The lowest BCUT2D eigenvalue weighted by Gasteiger charge is -2.43. The third-order valence-electron chi connectivity index (χ3n) is 13.1. The second kappa shape index (κ2) is 21.3. The van der Waals surface area contributed by atoms with E-state index < -0.39 is 35.6 Å². The first-order chi connectivity index (χ1) is 27.8. The van der Waals surface area contributed by atoms with E-state index in [1.165, 1.54) is 30.6 Å². The molecule has 2 heterocycles. The zero-order valence-corrected chi connectivity index (χ0v) is 38.8. The van der Waals surface area contributed by atoms with Crippen LogP contribution in [0.1, 0.15) is 124 Å². The van der Waals surface area contributed by atoms with Gasteiger partial charge < -0.3 is 30.5 Å². The molecule has 1 saturated heterocycles. The number of benzene rings is 1. The van der Waals surface area contributed by atoms with Gasteiger partial charge in [0.05, 0.1) is 36.2 Å². The number of aromatic nitrogens is 1. The molecule has 11 nitrogen and oxygen atoms in total. The Morgan fingerprint density at radius 3 is 2.17 bits per heavy atom. The van der Waals surface area contributed by atoms with Crippen LogP contribution in [0, 0.1) is 28.6 Å². The highest BCUT2D eigenvalue weighted by atomic mass is 32.1. The van der Waals surface area contributed by atoms with E-state index in [2.05, 4.69) is 34.8 Å². The molecular formula is C47H74N6O5S. The van der Waals surface area contributed by atoms with Gasteiger partial charge in [0.15, 0.2) is 0 Å². The number of methoxy groups -OCH3 is 1. The number of amides is 4. The lowest BCUT2D eigenvalue weighted by molar-refractivity contribution is -0.141. The van der Waals surface area contributed by atoms with Crippen LogP contribution in [0.15, 0.2) is 53.6 Å². The molecule has 59 heavy (non-hydrogen) atoms. The molecule has 2 aromatic rings. The van der Waals surface area contributed by atoms with Crippen LogP contribution in [0.2, 0.25) is 0 Å². The van der Waals surface area contributed by atoms with Crippen LogP contribution in [0.5, 0.6) is 0 Å². The van der Waals surface area contributed by atoms with Crippen LogP contribution in [-0.2, 0) is 30.3 Å². The lowest BCUT2D eigenvalue weighted by Crippen LogP contribution is -2.61. The predicted molar refractivity (Wildman–Crippen MR) is 238 cm³/mol. The Bertz CT molecular complexity index is 1700. The molecule has 2 aliphatic rings. The molecule has 1 unspecified atom stereocenters. The Morgan fingerprint density at radius 2 is 1.61 bits per heavy atom. The van der Waals surface area contributed by atoms with E-state index >= 15 is 0 Å². The minimum absolute atomic E-state index is 0.0233. The number of hydrogen-bond acceptors (Lipinski definition) is 8. The number of carbonyl (C=O) groups excluding carboxylic acids is 4. The number of nitrogens with zero attached hydrogens (tertiary/aromatic N) is 3. The van der Waals surface area contributed by atoms with Gasteiger partial charge in [-0.05, 0) is 74.3 Å². The quantitative estimate of drug-likeness (QED) is 0.134. The minimum Gasteiger partial charge on any atom is -0.378 e. The van der Waals surface area contributed by atoms with Gasteiger partial charge in [0.2, 0.25) is 23.6 Å². The van der Waals surface area contributed by atoms with Crippen molar-refractivity contribution >= 4 is 35.0 Å². The Balaban J connectivity index is 1.50. The van der Waals surface area contributed by atoms with E-state index in [0.717, 1.165) is 29.8 Å². The molecule has 1 aromatic heterocycles. The topological polar surface area (TPSA) is 133 Å². The molecule has 12 heteroatoms. The van der Waals surface area contributed by atoms with E-state index in [9.17, 15) is 19.2 Å². The van der Waals surface area contributed by atoms with Crippen molar-refractivity contribution in [3.05, 3.63) is 64.1 Å². The van der Waals surface area contributed by atoms with Crippen LogP contribution in [0.4, 0.5) is 0 Å². The first-order valence-electron chi connectivity index (χ1n) is 21.8. The van der Waals surface area contributed by atoms with Gasteiger partial charge in [-0.25, -0.2) is 4.98 Å². The number of likely N-dealkylation sites (N-methyl/N-ethyl adjacent to an activating group) is 2. The SMILES string of the molecule is CN[C@H](C(=O)N[C@H](C(=O)N(C)C(/C=C(\C)C(=O)N1CCC[C@H]1[C@@H](OC)[C@@H](C)C(=O)N[C@H](Cc1ccccc1)c1nccs1)C(C)C)C(C)(C)C)C(C)(C)C1CCCCC1. The van der Waals surface area contributed by atoms with E-state index in [4.69, 9.17) is 4.74 Å². The standard InChI is InChI=1S/C47H74N6O5S/c1-30(2)37(52(11)45(57)40(46(5,6)7)51-42(55)39(48-10)47(8,9)34-22-17-14-18-23-34)28-31(3)44(56)53-26-19-24-36(53)38(58-12)32(4)41(54)50-35(43-49-25-27-59-43)29-33-20-15-13-16-21-33/h13,15-16,20-21,25,27-28,30,32,34-40,48H,14,17-19,22-24,26,29H2,1-12H3,(H,50,54)(H,51,55)/b31-28+/t32-,35-,36+,37?,38+,39-,40-/m1/s1. The van der Waals surface area contributed by atoms with Crippen molar-refractivity contribution in [2.24, 2.45) is 28.6 Å². The van der Waals surface area contributed by atoms with Crippen molar-refractivity contribution in [1.82, 2.24) is 30.7 Å². The van der Waals surface area contributed by atoms with Crippen LogP contribution in [-0.4, -0.2) is 96.4 Å². The first kappa shape index (κ1) is 48.1. The summed E-state index contributed by atoms with van der Waals surface area (Å²) in [5.41, 5.74) is 0.754. The molecule has 3 N–H and O–H groups in total. The van der Waals surface area contributed by atoms with Gasteiger partial charge in [0.1, 0.15) is 11.0 Å².